The number of fused-ring (bicyclic) bond motifs is 5. The number of rotatable bonds is 3. The molecule has 1 aliphatic heterocycles. The monoisotopic (exact) mass is 449 g/mol. The number of halogens is 1. The standard InChI is InChI=1S/C23H12FNO6S/c24-14-5-12-19-21(22(14)32-9-26)31-18-6-11-10-3-1-2-4-16(10)30-17(11)7-15(18)25(19)8-13(20(12)27)23(28)29/h1-8,26H,9H2,(H,28,29). The van der Waals surface area contributed by atoms with E-state index in [9.17, 15) is 24.2 Å². The Hall–Kier alpha value is -3.82. The van der Waals surface area contributed by atoms with Crippen molar-refractivity contribution in [1.82, 2.24) is 4.57 Å². The lowest BCUT2D eigenvalue weighted by atomic mass is 10.1. The van der Waals surface area contributed by atoms with E-state index >= 15 is 0 Å². The first-order chi connectivity index (χ1) is 15.5. The molecule has 0 unspecified atom stereocenters. The van der Waals surface area contributed by atoms with Gasteiger partial charge in [0, 0.05) is 23.0 Å². The van der Waals surface area contributed by atoms with E-state index in [-0.39, 0.29) is 21.5 Å². The smallest absolute Gasteiger partial charge is 0.341 e. The number of aromatic carboxylic acids is 1. The van der Waals surface area contributed by atoms with Gasteiger partial charge in [-0.1, -0.05) is 30.0 Å². The van der Waals surface area contributed by atoms with Gasteiger partial charge in [-0.15, -0.1) is 0 Å². The topological polar surface area (TPSA) is 102 Å². The molecule has 0 saturated carbocycles. The first-order valence-electron chi connectivity index (χ1n) is 9.50. The van der Waals surface area contributed by atoms with E-state index in [1.165, 1.54) is 10.8 Å². The van der Waals surface area contributed by atoms with Crippen LogP contribution in [0.5, 0.6) is 11.5 Å². The van der Waals surface area contributed by atoms with Crippen molar-refractivity contribution in [2.75, 3.05) is 5.94 Å². The van der Waals surface area contributed by atoms with Crippen molar-refractivity contribution in [3.63, 3.8) is 0 Å². The summed E-state index contributed by atoms with van der Waals surface area (Å²) in [7, 11) is 0. The molecule has 32 heavy (non-hydrogen) atoms. The number of nitrogens with zero attached hydrogens (tertiary/aromatic N) is 1. The highest BCUT2D eigenvalue weighted by Gasteiger charge is 2.29. The number of para-hydroxylation sites is 1. The molecule has 0 radical (unpaired) electrons. The number of aromatic nitrogens is 1. The molecule has 0 fully saturated rings. The number of furan rings is 1. The minimum absolute atomic E-state index is 0.0269. The third kappa shape index (κ3) is 2.46. The van der Waals surface area contributed by atoms with Crippen LogP contribution in [-0.4, -0.2) is 26.7 Å². The molecule has 0 amide bonds. The number of carbonyl (C=O) groups is 1. The second-order valence-electron chi connectivity index (χ2n) is 7.25. The molecule has 6 rings (SSSR count). The van der Waals surface area contributed by atoms with Crippen molar-refractivity contribution < 1.29 is 28.6 Å². The van der Waals surface area contributed by atoms with Gasteiger partial charge in [-0.3, -0.25) is 4.79 Å². The number of ether oxygens (including phenoxy) is 1. The molecule has 2 N–H and O–H groups in total. The Labute approximate surface area is 182 Å². The number of thioether (sulfide) groups is 1. The van der Waals surface area contributed by atoms with Crippen molar-refractivity contribution >= 4 is 50.6 Å². The molecule has 0 atom stereocenters. The van der Waals surface area contributed by atoms with Crippen LogP contribution in [0.25, 0.3) is 38.5 Å². The minimum atomic E-state index is -1.42. The Morgan fingerprint density at radius 2 is 1.91 bits per heavy atom. The van der Waals surface area contributed by atoms with E-state index < -0.39 is 28.7 Å². The van der Waals surface area contributed by atoms with Crippen LogP contribution in [0, 0.1) is 5.82 Å². The molecule has 158 valence electrons. The second kappa shape index (κ2) is 6.59. The molecule has 1 aliphatic rings. The van der Waals surface area contributed by atoms with E-state index in [2.05, 4.69) is 0 Å². The van der Waals surface area contributed by atoms with Crippen LogP contribution in [-0.2, 0) is 0 Å². The number of aliphatic hydroxyl groups is 1. The third-order valence-corrected chi connectivity index (χ3v) is 6.32. The van der Waals surface area contributed by atoms with Crippen molar-refractivity contribution in [2.45, 2.75) is 4.90 Å². The molecule has 0 spiro atoms. The van der Waals surface area contributed by atoms with Crippen LogP contribution in [0.2, 0.25) is 0 Å². The van der Waals surface area contributed by atoms with Gasteiger partial charge in [-0.05, 0) is 18.2 Å². The lowest BCUT2D eigenvalue weighted by Crippen LogP contribution is -2.21. The Morgan fingerprint density at radius 1 is 1.09 bits per heavy atom. The predicted octanol–water partition coefficient (Wildman–Crippen LogP) is 4.88. The summed E-state index contributed by atoms with van der Waals surface area (Å²) < 4.78 is 28.4. The van der Waals surface area contributed by atoms with Gasteiger partial charge in [0.05, 0.1) is 21.9 Å². The molecular formula is C23H12FNO6S. The lowest BCUT2D eigenvalue weighted by molar-refractivity contribution is 0.0695. The molecule has 3 heterocycles. The minimum Gasteiger partial charge on any atom is -0.477 e. The fraction of sp³-hybridized carbons (Fsp3) is 0.0435. The van der Waals surface area contributed by atoms with Crippen molar-refractivity contribution in [3.05, 3.63) is 70.3 Å². The Bertz CT molecular complexity index is 1690. The van der Waals surface area contributed by atoms with Crippen LogP contribution >= 0.6 is 11.8 Å². The van der Waals surface area contributed by atoms with E-state index in [1.54, 1.807) is 12.1 Å². The fourth-order valence-corrected chi connectivity index (χ4v) is 4.76. The zero-order valence-corrected chi connectivity index (χ0v) is 16.9. The fourth-order valence-electron chi connectivity index (χ4n) is 4.17. The Morgan fingerprint density at radius 3 is 2.69 bits per heavy atom. The maximum atomic E-state index is 14.9. The molecular weight excluding hydrogens is 437 g/mol. The number of pyridine rings is 1. The van der Waals surface area contributed by atoms with E-state index in [4.69, 9.17) is 9.15 Å². The van der Waals surface area contributed by atoms with Gasteiger partial charge in [0.15, 0.2) is 11.5 Å². The summed E-state index contributed by atoms with van der Waals surface area (Å²) in [5.41, 5.74) is 0.571. The summed E-state index contributed by atoms with van der Waals surface area (Å²) >= 11 is 0.815. The summed E-state index contributed by atoms with van der Waals surface area (Å²) in [4.78, 5) is 24.6. The second-order valence-corrected chi connectivity index (χ2v) is 8.20. The van der Waals surface area contributed by atoms with Gasteiger partial charge in [0.1, 0.15) is 28.1 Å². The predicted molar refractivity (Wildman–Crippen MR) is 117 cm³/mol. The summed E-state index contributed by atoms with van der Waals surface area (Å²) in [6, 6.07) is 11.9. The van der Waals surface area contributed by atoms with Crippen molar-refractivity contribution in [2.24, 2.45) is 0 Å². The highest BCUT2D eigenvalue weighted by molar-refractivity contribution is 7.99. The zero-order valence-electron chi connectivity index (χ0n) is 16.1. The number of hydrogen-bond donors (Lipinski definition) is 2. The van der Waals surface area contributed by atoms with Gasteiger partial charge >= 0.3 is 5.97 Å². The molecule has 2 aromatic heterocycles. The van der Waals surface area contributed by atoms with Crippen molar-refractivity contribution in [3.8, 4) is 17.2 Å². The van der Waals surface area contributed by atoms with Gasteiger partial charge in [0.25, 0.3) is 0 Å². The molecule has 0 saturated heterocycles. The Kier molecular flexibility index (Phi) is 3.89. The maximum absolute atomic E-state index is 14.9. The maximum Gasteiger partial charge on any atom is 0.341 e. The lowest BCUT2D eigenvalue weighted by Gasteiger charge is -2.25. The third-order valence-electron chi connectivity index (χ3n) is 5.52. The number of carboxylic acid groups (broad SMARTS) is 1. The Balaban J connectivity index is 1.78. The molecule has 9 heteroatoms. The average Bonchev–Trinajstić information content (AvgIpc) is 3.13. The van der Waals surface area contributed by atoms with Crippen molar-refractivity contribution in [1.29, 1.82) is 0 Å². The molecule has 3 aromatic carbocycles. The first-order valence-corrected chi connectivity index (χ1v) is 10.5. The number of benzene rings is 3. The van der Waals surface area contributed by atoms with Gasteiger partial charge < -0.3 is 23.9 Å². The SMILES string of the molecule is O=C(O)c1cn2c3c(c(SCO)c(F)cc3c1=O)Oc1cc3c(cc1-2)oc1ccccc13. The first kappa shape index (κ1) is 18.9. The molecule has 0 aliphatic carbocycles. The van der Waals surface area contributed by atoms with Crippen LogP contribution in [0.4, 0.5) is 4.39 Å². The van der Waals surface area contributed by atoms with Gasteiger partial charge in [-0.2, -0.15) is 0 Å². The average molecular weight is 449 g/mol. The normalized spacial score (nSPS) is 12.3. The summed E-state index contributed by atoms with van der Waals surface area (Å²) in [6.07, 6.45) is 1.21. The van der Waals surface area contributed by atoms with Crippen LogP contribution in [0.1, 0.15) is 10.4 Å². The van der Waals surface area contributed by atoms with E-state index in [1.807, 2.05) is 24.3 Å². The number of hydrogen-bond acceptors (Lipinski definition) is 6. The molecule has 5 aromatic rings. The van der Waals surface area contributed by atoms with E-state index in [0.29, 0.717) is 22.6 Å². The van der Waals surface area contributed by atoms with E-state index in [0.717, 1.165) is 28.6 Å². The number of aliphatic hydroxyl groups excluding tert-OH is 1. The molecule has 7 nitrogen and oxygen atoms in total. The zero-order chi connectivity index (χ0) is 22.1. The van der Waals surface area contributed by atoms with Crippen LogP contribution < -0.4 is 10.2 Å². The van der Waals surface area contributed by atoms with Crippen LogP contribution in [0.15, 0.2) is 62.8 Å². The van der Waals surface area contributed by atoms with Gasteiger partial charge in [0.2, 0.25) is 5.43 Å². The summed E-state index contributed by atoms with van der Waals surface area (Å²) in [5.74, 6) is -2.23. The molecule has 0 bridgehead atoms. The summed E-state index contributed by atoms with van der Waals surface area (Å²) in [6.45, 7) is 0. The highest BCUT2D eigenvalue weighted by atomic mass is 32.2. The summed E-state index contributed by atoms with van der Waals surface area (Å²) in [5, 5.41) is 20.5. The van der Waals surface area contributed by atoms with Crippen LogP contribution in [0.3, 0.4) is 0 Å². The number of carboxylic acids is 1. The quantitative estimate of drug-likeness (QED) is 0.293. The van der Waals surface area contributed by atoms with Gasteiger partial charge in [-0.25, -0.2) is 9.18 Å². The highest BCUT2D eigenvalue weighted by Crippen LogP contribution is 2.47. The largest absolute Gasteiger partial charge is 0.477 e.